The Hall–Kier alpha value is -3.79. The monoisotopic (exact) mass is 499 g/mol. The van der Waals surface area contributed by atoms with E-state index in [2.05, 4.69) is 4.98 Å². The van der Waals surface area contributed by atoms with Gasteiger partial charge in [0.05, 0.1) is 32.4 Å². The van der Waals surface area contributed by atoms with Crippen LogP contribution in [0, 0.1) is 13.8 Å². The smallest absolute Gasteiger partial charge is 0.355 e. The summed E-state index contributed by atoms with van der Waals surface area (Å²) in [6.45, 7) is 5.93. The number of aromatic nitrogens is 1. The summed E-state index contributed by atoms with van der Waals surface area (Å²) in [7, 11) is 6.69. The minimum atomic E-state index is -0.935. The number of H-pyrrole nitrogens is 1. The largest absolute Gasteiger partial charge is 0.507 e. The number of rotatable bonds is 9. The fraction of sp³-hybridized carbons (Fsp3) is 0.423. The number of likely N-dealkylation sites (tertiary alicyclic amines) is 1. The third kappa shape index (κ3) is 4.68. The van der Waals surface area contributed by atoms with Crippen molar-refractivity contribution in [3.8, 4) is 11.5 Å². The second kappa shape index (κ2) is 10.9. The van der Waals surface area contributed by atoms with Gasteiger partial charge in [0.15, 0.2) is 11.5 Å². The Morgan fingerprint density at radius 3 is 2.44 bits per heavy atom. The van der Waals surface area contributed by atoms with Gasteiger partial charge in [0.1, 0.15) is 11.5 Å². The number of hydrogen-bond donors (Lipinski definition) is 2. The van der Waals surface area contributed by atoms with Gasteiger partial charge in [0, 0.05) is 29.9 Å². The van der Waals surface area contributed by atoms with Crippen molar-refractivity contribution in [3.05, 3.63) is 51.9 Å². The Kier molecular flexibility index (Phi) is 8.09. The number of para-hydroxylation sites is 1. The Morgan fingerprint density at radius 2 is 1.86 bits per heavy atom. The maximum atomic E-state index is 13.4. The van der Waals surface area contributed by atoms with E-state index >= 15 is 0 Å². The third-order valence-corrected chi connectivity index (χ3v) is 6.21. The molecule has 1 aliphatic rings. The molecule has 2 heterocycles. The van der Waals surface area contributed by atoms with Gasteiger partial charge in [0.2, 0.25) is 0 Å². The van der Waals surface area contributed by atoms with Gasteiger partial charge in [-0.2, -0.15) is 0 Å². The zero-order chi connectivity index (χ0) is 26.7. The average Bonchev–Trinajstić information content (AvgIpc) is 3.28. The number of nitrogens with zero attached hydrogens (tertiary/aromatic N) is 2. The van der Waals surface area contributed by atoms with Gasteiger partial charge >= 0.3 is 5.97 Å². The number of carbonyl (C=O) groups is 3. The molecule has 194 valence electrons. The first-order valence-corrected chi connectivity index (χ1v) is 11.6. The quantitative estimate of drug-likeness (QED) is 0.234. The van der Waals surface area contributed by atoms with Crippen molar-refractivity contribution in [2.45, 2.75) is 26.8 Å². The van der Waals surface area contributed by atoms with Gasteiger partial charge in [-0.3, -0.25) is 9.59 Å². The highest BCUT2D eigenvalue weighted by atomic mass is 16.5. The molecule has 0 spiro atoms. The minimum Gasteiger partial charge on any atom is -0.507 e. The summed E-state index contributed by atoms with van der Waals surface area (Å²) in [5.41, 5.74) is 1.73. The van der Waals surface area contributed by atoms with Gasteiger partial charge in [-0.25, -0.2) is 4.79 Å². The molecule has 1 saturated heterocycles. The van der Waals surface area contributed by atoms with Crippen LogP contribution < -0.4 is 9.47 Å². The van der Waals surface area contributed by atoms with Crippen LogP contribution in [0.1, 0.15) is 45.8 Å². The number of benzene rings is 1. The lowest BCUT2D eigenvalue weighted by atomic mass is 9.93. The molecule has 3 rings (SSSR count). The van der Waals surface area contributed by atoms with Crippen molar-refractivity contribution < 1.29 is 33.7 Å². The van der Waals surface area contributed by atoms with Gasteiger partial charge in [-0.15, -0.1) is 0 Å². The summed E-state index contributed by atoms with van der Waals surface area (Å²) in [6.07, 6.45) is 0. The van der Waals surface area contributed by atoms with E-state index in [0.717, 1.165) is 0 Å². The Morgan fingerprint density at radius 1 is 1.17 bits per heavy atom. The van der Waals surface area contributed by atoms with E-state index in [1.807, 2.05) is 19.0 Å². The van der Waals surface area contributed by atoms with E-state index in [1.54, 1.807) is 39.0 Å². The van der Waals surface area contributed by atoms with Crippen LogP contribution in [0.3, 0.4) is 0 Å². The SMILES string of the molecule is CCOC(=O)c1[nH]c(C)c(/C(O)=C2\C(=O)C(=O)N(CCN(C)C)[C@H]2c2cccc(OC)c2OC)c1C. The predicted octanol–water partition coefficient (Wildman–Crippen LogP) is 2.81. The van der Waals surface area contributed by atoms with Crippen LogP contribution in [-0.4, -0.2) is 85.6 Å². The lowest BCUT2D eigenvalue weighted by Gasteiger charge is -2.28. The molecule has 0 unspecified atom stereocenters. The Bertz CT molecular complexity index is 1210. The van der Waals surface area contributed by atoms with E-state index in [4.69, 9.17) is 14.2 Å². The molecular weight excluding hydrogens is 466 g/mol. The molecule has 2 N–H and O–H groups in total. The second-order valence-corrected chi connectivity index (χ2v) is 8.72. The Balaban J connectivity index is 2.29. The Labute approximate surface area is 210 Å². The predicted molar refractivity (Wildman–Crippen MR) is 133 cm³/mol. The number of hydrogen-bond acceptors (Lipinski definition) is 8. The molecule has 10 heteroatoms. The number of aliphatic hydroxyl groups is 1. The lowest BCUT2D eigenvalue weighted by Crippen LogP contribution is -2.35. The normalized spacial score (nSPS) is 17.1. The van der Waals surface area contributed by atoms with E-state index in [0.29, 0.717) is 34.9 Å². The van der Waals surface area contributed by atoms with Crippen LogP contribution in [-0.2, 0) is 14.3 Å². The number of aromatic amines is 1. The number of carbonyl (C=O) groups excluding carboxylic acids is 3. The zero-order valence-corrected chi connectivity index (χ0v) is 21.7. The zero-order valence-electron chi connectivity index (χ0n) is 21.7. The molecule has 1 aromatic carbocycles. The van der Waals surface area contributed by atoms with Crippen molar-refractivity contribution >= 4 is 23.4 Å². The summed E-state index contributed by atoms with van der Waals surface area (Å²) in [6, 6.07) is 4.23. The van der Waals surface area contributed by atoms with Gasteiger partial charge < -0.3 is 34.1 Å². The van der Waals surface area contributed by atoms with E-state index < -0.39 is 23.7 Å². The number of esters is 1. The first-order valence-electron chi connectivity index (χ1n) is 11.6. The first-order chi connectivity index (χ1) is 17.1. The van der Waals surface area contributed by atoms with Gasteiger partial charge in [0.25, 0.3) is 11.7 Å². The maximum Gasteiger partial charge on any atom is 0.355 e. The molecule has 1 aromatic heterocycles. The summed E-state index contributed by atoms with van der Waals surface area (Å²) in [5.74, 6) is -1.73. The van der Waals surface area contributed by atoms with E-state index in [9.17, 15) is 19.5 Å². The highest BCUT2D eigenvalue weighted by Crippen LogP contribution is 2.46. The van der Waals surface area contributed by atoms with Crippen LogP contribution in [0.2, 0.25) is 0 Å². The van der Waals surface area contributed by atoms with E-state index in [-0.39, 0.29) is 35.7 Å². The summed E-state index contributed by atoms with van der Waals surface area (Å²) in [4.78, 5) is 45.3. The van der Waals surface area contributed by atoms with Crippen LogP contribution in [0.5, 0.6) is 11.5 Å². The second-order valence-electron chi connectivity index (χ2n) is 8.72. The molecule has 0 bridgehead atoms. The van der Waals surface area contributed by atoms with Crippen molar-refractivity contribution in [2.75, 3.05) is 48.0 Å². The molecule has 2 aromatic rings. The number of amides is 1. The number of Topliss-reactive ketones (excluding diaryl/α,β-unsaturated/α-hetero) is 1. The minimum absolute atomic E-state index is 0.0917. The van der Waals surface area contributed by atoms with Crippen LogP contribution in [0.15, 0.2) is 23.8 Å². The first kappa shape index (κ1) is 26.8. The number of aryl methyl sites for hydroxylation is 1. The van der Waals surface area contributed by atoms with Crippen molar-refractivity contribution in [1.82, 2.24) is 14.8 Å². The van der Waals surface area contributed by atoms with Crippen molar-refractivity contribution in [2.24, 2.45) is 0 Å². The number of ether oxygens (including phenoxy) is 3. The molecule has 0 radical (unpaired) electrons. The molecule has 1 aliphatic heterocycles. The number of methoxy groups -OCH3 is 2. The standard InChI is InChI=1S/C26H33N3O7/c1-8-36-26(33)20-14(2)18(15(3)27-20)22(30)19-21(16-10-9-11-17(34-6)24(16)35-7)29(13-12-28(4)5)25(32)23(19)31/h9-11,21,27,30H,8,12-13H2,1-7H3/b22-19+/t21-/m0/s1. The maximum absolute atomic E-state index is 13.4. The number of ketones is 1. The molecule has 36 heavy (non-hydrogen) atoms. The average molecular weight is 500 g/mol. The van der Waals surface area contributed by atoms with Crippen LogP contribution in [0.4, 0.5) is 0 Å². The number of likely N-dealkylation sites (N-methyl/N-ethyl adjacent to an activating group) is 1. The number of aliphatic hydroxyl groups excluding tert-OH is 1. The van der Waals surface area contributed by atoms with Crippen molar-refractivity contribution in [1.29, 1.82) is 0 Å². The summed E-state index contributed by atoms with van der Waals surface area (Å²) in [5, 5.41) is 11.5. The summed E-state index contributed by atoms with van der Waals surface area (Å²) >= 11 is 0. The van der Waals surface area contributed by atoms with Crippen LogP contribution in [0.25, 0.3) is 5.76 Å². The molecule has 10 nitrogen and oxygen atoms in total. The van der Waals surface area contributed by atoms with Gasteiger partial charge in [-0.1, -0.05) is 12.1 Å². The molecule has 0 aliphatic carbocycles. The fourth-order valence-corrected chi connectivity index (χ4v) is 4.52. The molecular formula is C26H33N3O7. The molecule has 1 atom stereocenters. The molecule has 0 saturated carbocycles. The van der Waals surface area contributed by atoms with E-state index in [1.165, 1.54) is 19.1 Å². The van der Waals surface area contributed by atoms with Gasteiger partial charge in [-0.05, 0) is 46.5 Å². The van der Waals surface area contributed by atoms with Crippen LogP contribution >= 0.6 is 0 Å². The fourth-order valence-electron chi connectivity index (χ4n) is 4.52. The highest BCUT2D eigenvalue weighted by molar-refractivity contribution is 6.46. The topological polar surface area (TPSA) is 121 Å². The lowest BCUT2D eigenvalue weighted by molar-refractivity contribution is -0.140. The number of nitrogens with one attached hydrogen (secondary N) is 1. The third-order valence-electron chi connectivity index (χ3n) is 6.21. The molecule has 1 amide bonds. The highest BCUT2D eigenvalue weighted by Gasteiger charge is 2.47. The van der Waals surface area contributed by atoms with Crippen molar-refractivity contribution in [3.63, 3.8) is 0 Å². The molecule has 1 fully saturated rings. The summed E-state index contributed by atoms with van der Waals surface area (Å²) < 4.78 is 16.2.